The molecule has 1 aliphatic carbocycles. The Kier molecular flexibility index (Phi) is 4.79. The fraction of sp³-hybridized carbons (Fsp3) is 0.389. The van der Waals surface area contributed by atoms with Crippen molar-refractivity contribution < 1.29 is 19.0 Å². The lowest BCUT2D eigenvalue weighted by atomic mass is 9.83. The van der Waals surface area contributed by atoms with Crippen LogP contribution in [0.4, 0.5) is 0 Å². The minimum absolute atomic E-state index is 0.00974. The van der Waals surface area contributed by atoms with Crippen LogP contribution in [-0.2, 0) is 25.6 Å². The van der Waals surface area contributed by atoms with E-state index in [4.69, 9.17) is 19.9 Å². The molecule has 0 saturated heterocycles. The highest BCUT2D eigenvalue weighted by Crippen LogP contribution is 2.43. The average molecular weight is 315 g/mol. The number of fused-ring (bicyclic) bond motifs is 1. The molecule has 1 aliphatic heterocycles. The van der Waals surface area contributed by atoms with E-state index in [1.165, 1.54) is 13.4 Å². The first-order valence-corrected chi connectivity index (χ1v) is 7.73. The molecular weight excluding hydrogens is 294 g/mol. The number of allylic oxidation sites excluding steroid dienone is 1. The van der Waals surface area contributed by atoms with Gasteiger partial charge in [0, 0.05) is 12.5 Å². The van der Waals surface area contributed by atoms with Crippen molar-refractivity contribution in [3.8, 4) is 0 Å². The summed E-state index contributed by atoms with van der Waals surface area (Å²) in [4.78, 5) is 11.9. The first-order chi connectivity index (χ1) is 11.2. The molecule has 1 aromatic rings. The smallest absolute Gasteiger partial charge is 0.337 e. The van der Waals surface area contributed by atoms with Crippen LogP contribution in [0.1, 0.15) is 12.0 Å². The molecule has 0 amide bonds. The zero-order chi connectivity index (χ0) is 16.2. The molecule has 3 atom stereocenters. The van der Waals surface area contributed by atoms with Crippen LogP contribution in [0.3, 0.4) is 0 Å². The Morgan fingerprint density at radius 3 is 2.83 bits per heavy atom. The van der Waals surface area contributed by atoms with Gasteiger partial charge in [0.1, 0.15) is 0 Å². The summed E-state index contributed by atoms with van der Waals surface area (Å²) >= 11 is 0. The normalized spacial score (nSPS) is 25.9. The number of carbonyl (C=O) groups excluding carboxylic acids is 1. The number of hydrogen-bond donors (Lipinski definition) is 1. The Labute approximate surface area is 135 Å². The third-order valence-corrected chi connectivity index (χ3v) is 4.43. The second-order valence-electron chi connectivity index (χ2n) is 5.72. The summed E-state index contributed by atoms with van der Waals surface area (Å²) in [6.45, 7) is 0.887. The van der Waals surface area contributed by atoms with Gasteiger partial charge in [-0.15, -0.1) is 0 Å². The van der Waals surface area contributed by atoms with Gasteiger partial charge in [-0.05, 0) is 12.0 Å². The van der Waals surface area contributed by atoms with Crippen LogP contribution in [0, 0.1) is 11.8 Å². The molecule has 0 fully saturated rings. The van der Waals surface area contributed by atoms with Crippen molar-refractivity contribution in [3.05, 3.63) is 59.4 Å². The van der Waals surface area contributed by atoms with Crippen molar-refractivity contribution in [3.63, 3.8) is 0 Å². The third-order valence-electron chi connectivity index (χ3n) is 4.43. The summed E-state index contributed by atoms with van der Waals surface area (Å²) in [5.74, 6) is -0.383. The number of esters is 1. The third kappa shape index (κ3) is 3.16. The topological polar surface area (TPSA) is 70.8 Å². The lowest BCUT2D eigenvalue weighted by Crippen LogP contribution is -2.38. The number of methoxy groups -OCH3 is 1. The minimum Gasteiger partial charge on any atom is -0.471 e. The van der Waals surface area contributed by atoms with Crippen molar-refractivity contribution in [2.75, 3.05) is 13.7 Å². The zero-order valence-corrected chi connectivity index (χ0v) is 13.1. The molecule has 0 aromatic heterocycles. The summed E-state index contributed by atoms with van der Waals surface area (Å²) in [5, 5.41) is 0. The van der Waals surface area contributed by atoms with Gasteiger partial charge in [0.05, 0.1) is 31.5 Å². The van der Waals surface area contributed by atoms with Crippen molar-refractivity contribution in [1.82, 2.24) is 0 Å². The van der Waals surface area contributed by atoms with Crippen LogP contribution in [0.5, 0.6) is 0 Å². The molecule has 2 N–H and O–H groups in total. The van der Waals surface area contributed by atoms with Crippen molar-refractivity contribution in [2.45, 2.75) is 19.3 Å². The fourth-order valence-electron chi connectivity index (χ4n) is 3.25. The second-order valence-corrected chi connectivity index (χ2v) is 5.72. The summed E-state index contributed by atoms with van der Waals surface area (Å²) in [6.07, 6.45) is 3.88. The first-order valence-electron chi connectivity index (χ1n) is 7.73. The Hall–Kier alpha value is -2.11. The van der Waals surface area contributed by atoms with E-state index in [2.05, 4.69) is 6.08 Å². The fourth-order valence-corrected chi connectivity index (χ4v) is 3.25. The van der Waals surface area contributed by atoms with E-state index in [1.807, 2.05) is 30.3 Å². The molecule has 0 radical (unpaired) electrons. The SMILES string of the molecule is COC(=O)C1=COC(OCc2ccccc2)C2C(CN)=CCC12. The van der Waals surface area contributed by atoms with E-state index in [-0.39, 0.29) is 17.8 Å². The van der Waals surface area contributed by atoms with E-state index in [0.29, 0.717) is 18.7 Å². The van der Waals surface area contributed by atoms with Crippen LogP contribution in [0.25, 0.3) is 0 Å². The predicted octanol–water partition coefficient (Wildman–Crippen LogP) is 2.14. The van der Waals surface area contributed by atoms with Gasteiger partial charge in [0.2, 0.25) is 6.29 Å². The molecule has 23 heavy (non-hydrogen) atoms. The number of benzene rings is 1. The lowest BCUT2D eigenvalue weighted by molar-refractivity contribution is -0.160. The summed E-state index contributed by atoms with van der Waals surface area (Å²) in [7, 11) is 1.38. The number of rotatable bonds is 5. The van der Waals surface area contributed by atoms with Crippen molar-refractivity contribution >= 4 is 5.97 Å². The maximum atomic E-state index is 11.9. The Balaban J connectivity index is 1.76. The Bertz CT molecular complexity index is 623. The first kappa shape index (κ1) is 15.8. The number of nitrogens with two attached hydrogens (primary N) is 1. The van der Waals surface area contributed by atoms with E-state index in [1.54, 1.807) is 0 Å². The molecule has 122 valence electrons. The number of carbonyl (C=O) groups is 1. The van der Waals surface area contributed by atoms with Gasteiger partial charge in [-0.1, -0.05) is 42.0 Å². The average Bonchev–Trinajstić information content (AvgIpc) is 3.04. The van der Waals surface area contributed by atoms with Crippen LogP contribution >= 0.6 is 0 Å². The number of ether oxygens (including phenoxy) is 3. The Morgan fingerprint density at radius 1 is 1.35 bits per heavy atom. The maximum Gasteiger partial charge on any atom is 0.337 e. The molecule has 1 heterocycles. The van der Waals surface area contributed by atoms with Crippen LogP contribution in [0.2, 0.25) is 0 Å². The Morgan fingerprint density at radius 2 is 2.13 bits per heavy atom. The molecule has 0 bridgehead atoms. The largest absolute Gasteiger partial charge is 0.471 e. The van der Waals surface area contributed by atoms with Crippen molar-refractivity contribution in [1.29, 1.82) is 0 Å². The van der Waals surface area contributed by atoms with Gasteiger partial charge in [-0.25, -0.2) is 4.79 Å². The monoisotopic (exact) mass is 315 g/mol. The standard InChI is InChI=1S/C18H21NO4/c1-21-17(20)15-11-23-18(16-13(9-19)7-8-14(15)16)22-10-12-5-3-2-4-6-12/h2-7,11,14,16,18H,8-10,19H2,1H3. The van der Waals surface area contributed by atoms with Crippen LogP contribution in [0.15, 0.2) is 53.8 Å². The molecule has 5 nitrogen and oxygen atoms in total. The van der Waals surface area contributed by atoms with Gasteiger partial charge in [-0.2, -0.15) is 0 Å². The second kappa shape index (κ2) is 6.98. The minimum atomic E-state index is -0.439. The zero-order valence-electron chi connectivity index (χ0n) is 13.1. The molecule has 3 unspecified atom stereocenters. The molecular formula is C18H21NO4. The lowest BCUT2D eigenvalue weighted by Gasteiger charge is -2.34. The van der Waals surface area contributed by atoms with E-state index in [9.17, 15) is 4.79 Å². The van der Waals surface area contributed by atoms with E-state index < -0.39 is 6.29 Å². The number of hydrogen-bond acceptors (Lipinski definition) is 5. The molecule has 0 spiro atoms. The highest BCUT2D eigenvalue weighted by Gasteiger charge is 2.44. The van der Waals surface area contributed by atoms with E-state index >= 15 is 0 Å². The maximum absolute atomic E-state index is 11.9. The molecule has 5 heteroatoms. The highest BCUT2D eigenvalue weighted by atomic mass is 16.7. The predicted molar refractivity (Wildman–Crippen MR) is 84.9 cm³/mol. The highest BCUT2D eigenvalue weighted by molar-refractivity contribution is 5.89. The van der Waals surface area contributed by atoms with Crippen LogP contribution in [-0.4, -0.2) is 25.9 Å². The van der Waals surface area contributed by atoms with Gasteiger partial charge < -0.3 is 19.9 Å². The molecule has 1 aromatic carbocycles. The van der Waals surface area contributed by atoms with Gasteiger partial charge >= 0.3 is 5.97 Å². The summed E-state index contributed by atoms with van der Waals surface area (Å²) in [5.41, 5.74) is 8.55. The van der Waals surface area contributed by atoms with Crippen LogP contribution < -0.4 is 5.73 Å². The molecule has 2 aliphatic rings. The van der Waals surface area contributed by atoms with E-state index in [0.717, 1.165) is 17.6 Å². The van der Waals surface area contributed by atoms with Crippen molar-refractivity contribution in [2.24, 2.45) is 17.6 Å². The quantitative estimate of drug-likeness (QED) is 0.666. The molecule has 3 rings (SSSR count). The van der Waals surface area contributed by atoms with Gasteiger partial charge in [0.25, 0.3) is 0 Å². The summed E-state index contributed by atoms with van der Waals surface area (Å²) < 4.78 is 16.5. The summed E-state index contributed by atoms with van der Waals surface area (Å²) in [6, 6.07) is 9.92. The van der Waals surface area contributed by atoms with Gasteiger partial charge in [-0.3, -0.25) is 0 Å². The molecule has 0 saturated carbocycles. The van der Waals surface area contributed by atoms with Gasteiger partial charge in [0.15, 0.2) is 0 Å².